The molecule has 19 heavy (non-hydrogen) atoms. The average molecular weight is 253 g/mol. The van der Waals surface area contributed by atoms with Crippen molar-refractivity contribution in [1.29, 1.82) is 0 Å². The summed E-state index contributed by atoms with van der Waals surface area (Å²) in [4.78, 5) is 20.7. The number of phenolic OH excluding ortho intramolecular Hbond substituents is 1. The number of benzene rings is 1. The monoisotopic (exact) mass is 253 g/mol. The summed E-state index contributed by atoms with van der Waals surface area (Å²) in [5, 5.41) is 9.21. The molecule has 0 aliphatic heterocycles. The van der Waals surface area contributed by atoms with Gasteiger partial charge in [0.15, 0.2) is 0 Å². The minimum absolute atomic E-state index is 0.129. The van der Waals surface area contributed by atoms with Crippen molar-refractivity contribution >= 4 is 11.6 Å². The molecule has 5 heteroatoms. The van der Waals surface area contributed by atoms with E-state index in [1.165, 1.54) is 12.1 Å². The van der Waals surface area contributed by atoms with Crippen LogP contribution in [0.1, 0.15) is 21.7 Å². The summed E-state index contributed by atoms with van der Waals surface area (Å²) >= 11 is 0. The number of hydrogen-bond acceptors (Lipinski definition) is 4. The Kier molecular flexibility index (Phi) is 2.52. The summed E-state index contributed by atoms with van der Waals surface area (Å²) < 4.78 is 1.71. The normalized spacial score (nSPS) is 10.8. The van der Waals surface area contributed by atoms with Gasteiger partial charge in [-0.25, -0.2) is 9.97 Å². The van der Waals surface area contributed by atoms with Crippen molar-refractivity contribution in [2.24, 2.45) is 0 Å². The van der Waals surface area contributed by atoms with E-state index in [4.69, 9.17) is 0 Å². The largest absolute Gasteiger partial charge is 0.508 e. The molecular weight excluding hydrogens is 242 g/mol. The predicted octanol–water partition coefficient (Wildman–Crippen LogP) is 1.97. The first-order valence-electron chi connectivity index (χ1n) is 5.79. The standard InChI is InChI=1S/C14H11N3O2/c1-9-6-7-17-8-12(16-14(17)15-9)13(19)10-2-4-11(18)5-3-10/h2-8,18H,1H3. The number of nitrogens with zero attached hydrogens (tertiary/aromatic N) is 3. The lowest BCUT2D eigenvalue weighted by molar-refractivity contribution is 0.103. The molecule has 0 saturated carbocycles. The van der Waals surface area contributed by atoms with Crippen LogP contribution in [0, 0.1) is 6.92 Å². The molecule has 0 atom stereocenters. The molecule has 2 heterocycles. The first-order valence-corrected chi connectivity index (χ1v) is 5.79. The lowest BCUT2D eigenvalue weighted by Crippen LogP contribution is -2.01. The van der Waals surface area contributed by atoms with Crippen LogP contribution in [-0.2, 0) is 0 Å². The zero-order chi connectivity index (χ0) is 13.4. The third-order valence-corrected chi connectivity index (χ3v) is 2.83. The van der Waals surface area contributed by atoms with Crippen molar-refractivity contribution in [2.75, 3.05) is 0 Å². The van der Waals surface area contributed by atoms with Crippen molar-refractivity contribution in [1.82, 2.24) is 14.4 Å². The van der Waals surface area contributed by atoms with Gasteiger partial charge in [0.1, 0.15) is 11.4 Å². The maximum atomic E-state index is 12.2. The van der Waals surface area contributed by atoms with Gasteiger partial charge >= 0.3 is 0 Å². The fourth-order valence-corrected chi connectivity index (χ4v) is 1.83. The minimum Gasteiger partial charge on any atom is -0.508 e. The Labute approximate surface area is 109 Å². The maximum Gasteiger partial charge on any atom is 0.234 e. The second kappa shape index (κ2) is 4.20. The number of ketones is 1. The van der Waals surface area contributed by atoms with Gasteiger partial charge in [-0.15, -0.1) is 0 Å². The second-order valence-corrected chi connectivity index (χ2v) is 4.28. The van der Waals surface area contributed by atoms with Crippen LogP contribution in [0.3, 0.4) is 0 Å². The number of carbonyl (C=O) groups is 1. The first kappa shape index (κ1) is 11.4. The van der Waals surface area contributed by atoms with Crippen LogP contribution in [0.4, 0.5) is 0 Å². The van der Waals surface area contributed by atoms with E-state index in [1.54, 1.807) is 22.7 Å². The van der Waals surface area contributed by atoms with Crippen LogP contribution in [0.2, 0.25) is 0 Å². The Morgan fingerprint density at radius 1 is 1.16 bits per heavy atom. The van der Waals surface area contributed by atoms with Gasteiger partial charge < -0.3 is 5.11 Å². The van der Waals surface area contributed by atoms with Gasteiger partial charge in [0, 0.05) is 23.7 Å². The Morgan fingerprint density at radius 2 is 1.89 bits per heavy atom. The van der Waals surface area contributed by atoms with E-state index in [0.717, 1.165) is 5.69 Å². The molecule has 3 aromatic rings. The highest BCUT2D eigenvalue weighted by Crippen LogP contribution is 2.14. The molecule has 2 aromatic heterocycles. The quantitative estimate of drug-likeness (QED) is 0.709. The number of aryl methyl sites for hydroxylation is 1. The average Bonchev–Trinajstić information content (AvgIpc) is 2.81. The third-order valence-electron chi connectivity index (χ3n) is 2.83. The van der Waals surface area contributed by atoms with Crippen LogP contribution >= 0.6 is 0 Å². The molecule has 0 radical (unpaired) electrons. The summed E-state index contributed by atoms with van der Waals surface area (Å²) in [5.41, 5.74) is 1.67. The van der Waals surface area contributed by atoms with E-state index in [-0.39, 0.29) is 11.5 Å². The van der Waals surface area contributed by atoms with E-state index in [1.807, 2.05) is 19.2 Å². The molecule has 94 valence electrons. The van der Waals surface area contributed by atoms with Crippen molar-refractivity contribution in [3.05, 3.63) is 59.7 Å². The number of carbonyl (C=O) groups excluding carboxylic acids is 1. The van der Waals surface area contributed by atoms with Crippen molar-refractivity contribution in [3.8, 4) is 5.75 Å². The molecule has 0 unspecified atom stereocenters. The van der Waals surface area contributed by atoms with Crippen LogP contribution in [0.5, 0.6) is 5.75 Å². The fourth-order valence-electron chi connectivity index (χ4n) is 1.83. The Balaban J connectivity index is 2.04. The number of aromatic hydroxyl groups is 1. The number of imidazole rings is 1. The molecule has 0 fully saturated rings. The molecule has 0 bridgehead atoms. The highest BCUT2D eigenvalue weighted by atomic mass is 16.3. The minimum atomic E-state index is -0.192. The van der Waals surface area contributed by atoms with Gasteiger partial charge in [-0.3, -0.25) is 9.20 Å². The molecule has 0 aliphatic carbocycles. The topological polar surface area (TPSA) is 67.5 Å². The van der Waals surface area contributed by atoms with Crippen LogP contribution in [0.25, 0.3) is 5.78 Å². The van der Waals surface area contributed by atoms with Gasteiger partial charge in [-0.2, -0.15) is 0 Å². The molecule has 0 amide bonds. The van der Waals surface area contributed by atoms with Gasteiger partial charge in [0.25, 0.3) is 0 Å². The smallest absolute Gasteiger partial charge is 0.234 e. The van der Waals surface area contributed by atoms with Crippen LogP contribution in [-0.4, -0.2) is 25.3 Å². The maximum absolute atomic E-state index is 12.2. The molecule has 3 rings (SSSR count). The Morgan fingerprint density at radius 3 is 2.63 bits per heavy atom. The molecule has 0 spiro atoms. The van der Waals surface area contributed by atoms with Crippen molar-refractivity contribution in [2.45, 2.75) is 6.92 Å². The van der Waals surface area contributed by atoms with Crippen molar-refractivity contribution < 1.29 is 9.90 Å². The summed E-state index contributed by atoms with van der Waals surface area (Å²) in [5.74, 6) is 0.439. The number of hydrogen-bond donors (Lipinski definition) is 1. The van der Waals surface area contributed by atoms with Gasteiger partial charge in [0.05, 0.1) is 0 Å². The highest BCUT2D eigenvalue weighted by Gasteiger charge is 2.13. The molecular formula is C14H11N3O2. The summed E-state index contributed by atoms with van der Waals surface area (Å²) in [7, 11) is 0. The molecule has 1 N–H and O–H groups in total. The fraction of sp³-hybridized carbons (Fsp3) is 0.0714. The summed E-state index contributed by atoms with van der Waals surface area (Å²) in [6, 6.07) is 7.95. The van der Waals surface area contributed by atoms with E-state index >= 15 is 0 Å². The predicted molar refractivity (Wildman–Crippen MR) is 69.3 cm³/mol. The van der Waals surface area contributed by atoms with Crippen molar-refractivity contribution in [3.63, 3.8) is 0 Å². The SMILES string of the molecule is Cc1ccn2cc(C(=O)c3ccc(O)cc3)nc2n1. The van der Waals surface area contributed by atoms with Gasteiger partial charge in [0.2, 0.25) is 11.6 Å². The lowest BCUT2D eigenvalue weighted by Gasteiger charge is -1.96. The molecule has 5 nitrogen and oxygen atoms in total. The Bertz CT molecular complexity index is 760. The molecule has 0 saturated heterocycles. The zero-order valence-electron chi connectivity index (χ0n) is 10.2. The Hall–Kier alpha value is -2.69. The van der Waals surface area contributed by atoms with Gasteiger partial charge in [-0.1, -0.05) is 0 Å². The van der Waals surface area contributed by atoms with E-state index in [9.17, 15) is 9.90 Å². The number of rotatable bonds is 2. The number of fused-ring (bicyclic) bond motifs is 1. The molecule has 0 aliphatic rings. The third kappa shape index (κ3) is 2.06. The van der Waals surface area contributed by atoms with E-state index in [2.05, 4.69) is 9.97 Å². The zero-order valence-corrected chi connectivity index (χ0v) is 10.2. The van der Waals surface area contributed by atoms with Crippen LogP contribution < -0.4 is 0 Å². The number of phenols is 1. The second-order valence-electron chi connectivity index (χ2n) is 4.28. The first-order chi connectivity index (χ1) is 9.13. The summed E-state index contributed by atoms with van der Waals surface area (Å²) in [6.07, 6.45) is 3.47. The number of aromatic nitrogens is 3. The molecule has 1 aromatic carbocycles. The van der Waals surface area contributed by atoms with E-state index < -0.39 is 0 Å². The van der Waals surface area contributed by atoms with Crippen LogP contribution in [0.15, 0.2) is 42.7 Å². The lowest BCUT2D eigenvalue weighted by atomic mass is 10.1. The van der Waals surface area contributed by atoms with E-state index in [0.29, 0.717) is 17.0 Å². The van der Waals surface area contributed by atoms with Gasteiger partial charge in [-0.05, 0) is 37.3 Å². The highest BCUT2D eigenvalue weighted by molar-refractivity contribution is 6.07. The summed E-state index contributed by atoms with van der Waals surface area (Å²) in [6.45, 7) is 1.87.